The van der Waals surface area contributed by atoms with Crippen molar-refractivity contribution in [3.05, 3.63) is 42.9 Å². The van der Waals surface area contributed by atoms with Crippen LogP contribution in [0.25, 0.3) is 0 Å². The Bertz CT molecular complexity index is 302. The Morgan fingerprint density at radius 1 is 1.20 bits per heavy atom. The van der Waals surface area contributed by atoms with Crippen LogP contribution in [-0.4, -0.2) is 28.7 Å². The van der Waals surface area contributed by atoms with E-state index in [0.717, 1.165) is 32.4 Å². The minimum absolute atomic E-state index is 0.518. The van der Waals surface area contributed by atoms with E-state index in [0.29, 0.717) is 0 Å². The molecule has 82 valence electrons. The molecule has 1 N–H and O–H groups in total. The van der Waals surface area contributed by atoms with Gasteiger partial charge in [0.1, 0.15) is 0 Å². The van der Waals surface area contributed by atoms with Crippen molar-refractivity contribution in [2.45, 2.75) is 24.9 Å². The molecule has 0 aliphatic carbocycles. The van der Waals surface area contributed by atoms with Crippen molar-refractivity contribution in [3.63, 3.8) is 0 Å². The molecule has 0 amide bonds. The molecular formula is C13H18NO-. The number of hydrogen-bond donors (Lipinski definition) is 1. The molecule has 1 aliphatic heterocycles. The van der Waals surface area contributed by atoms with Crippen LogP contribution in [0.3, 0.4) is 0 Å². The maximum Gasteiger partial charge on any atom is 0.0710 e. The zero-order valence-electron chi connectivity index (χ0n) is 9.02. The normalized spacial score (nSPS) is 21.5. The van der Waals surface area contributed by atoms with Gasteiger partial charge >= 0.3 is 0 Å². The van der Waals surface area contributed by atoms with E-state index < -0.39 is 5.60 Å². The Kier molecular flexibility index (Phi) is 3.08. The predicted octanol–water partition coefficient (Wildman–Crippen LogP) is 1.85. The molecule has 0 atom stereocenters. The van der Waals surface area contributed by atoms with Crippen LogP contribution in [0, 0.1) is 7.05 Å². The highest BCUT2D eigenvalue weighted by Gasteiger charge is 2.29. The van der Waals surface area contributed by atoms with Gasteiger partial charge in [-0.1, -0.05) is 30.3 Å². The van der Waals surface area contributed by atoms with E-state index in [4.69, 9.17) is 0 Å². The van der Waals surface area contributed by atoms with Crippen LogP contribution in [0.15, 0.2) is 30.3 Å². The monoisotopic (exact) mass is 204 g/mol. The summed E-state index contributed by atoms with van der Waals surface area (Å²) in [4.78, 5) is 2.03. The van der Waals surface area contributed by atoms with Gasteiger partial charge in [-0.15, -0.1) is 0 Å². The van der Waals surface area contributed by atoms with Gasteiger partial charge in [0.2, 0.25) is 0 Å². The molecular weight excluding hydrogens is 186 g/mol. The third-order valence-corrected chi connectivity index (χ3v) is 3.16. The van der Waals surface area contributed by atoms with E-state index in [1.165, 1.54) is 5.56 Å². The smallest absolute Gasteiger partial charge is 0.0710 e. The van der Waals surface area contributed by atoms with Gasteiger partial charge in [0.25, 0.3) is 0 Å². The second kappa shape index (κ2) is 4.33. The number of aliphatic hydroxyl groups is 1. The van der Waals surface area contributed by atoms with E-state index in [1.807, 2.05) is 23.1 Å². The van der Waals surface area contributed by atoms with E-state index >= 15 is 0 Å². The summed E-state index contributed by atoms with van der Waals surface area (Å²) >= 11 is 0. The van der Waals surface area contributed by atoms with Gasteiger partial charge in [-0.2, -0.15) is 0 Å². The van der Waals surface area contributed by atoms with Crippen LogP contribution in [0.2, 0.25) is 0 Å². The first-order valence-electron chi connectivity index (χ1n) is 5.50. The molecule has 1 fully saturated rings. The molecule has 0 bridgehead atoms. The van der Waals surface area contributed by atoms with Gasteiger partial charge < -0.3 is 10.0 Å². The van der Waals surface area contributed by atoms with Crippen molar-refractivity contribution in [2.75, 3.05) is 13.1 Å². The average molecular weight is 204 g/mol. The average Bonchev–Trinajstić information content (AvgIpc) is 2.24. The molecule has 1 aromatic carbocycles. The minimum atomic E-state index is -0.518. The van der Waals surface area contributed by atoms with Crippen LogP contribution in [0.4, 0.5) is 0 Å². The van der Waals surface area contributed by atoms with Crippen molar-refractivity contribution in [3.8, 4) is 0 Å². The van der Waals surface area contributed by atoms with Crippen molar-refractivity contribution >= 4 is 0 Å². The summed E-state index contributed by atoms with van der Waals surface area (Å²) < 4.78 is 0. The third kappa shape index (κ3) is 2.80. The zero-order valence-corrected chi connectivity index (χ0v) is 9.02. The highest BCUT2D eigenvalue weighted by Crippen LogP contribution is 2.25. The van der Waals surface area contributed by atoms with Crippen LogP contribution in [0.5, 0.6) is 0 Å². The van der Waals surface area contributed by atoms with Crippen LogP contribution in [0.1, 0.15) is 18.4 Å². The summed E-state index contributed by atoms with van der Waals surface area (Å²) in [6.45, 7) is 1.78. The quantitative estimate of drug-likeness (QED) is 0.743. The van der Waals surface area contributed by atoms with E-state index in [1.54, 1.807) is 0 Å². The third-order valence-electron chi connectivity index (χ3n) is 3.16. The lowest BCUT2D eigenvalue weighted by Crippen LogP contribution is -2.43. The molecule has 1 heterocycles. The Morgan fingerprint density at radius 2 is 1.80 bits per heavy atom. The summed E-state index contributed by atoms with van der Waals surface area (Å²) in [5, 5.41) is 10.4. The number of rotatable bonds is 2. The van der Waals surface area contributed by atoms with Crippen molar-refractivity contribution in [1.82, 2.24) is 4.90 Å². The Hall–Kier alpha value is -0.860. The van der Waals surface area contributed by atoms with Crippen LogP contribution in [-0.2, 0) is 6.42 Å². The summed E-state index contributed by atoms with van der Waals surface area (Å²) in [6, 6.07) is 10.2. The van der Waals surface area contributed by atoms with E-state index in [-0.39, 0.29) is 0 Å². The lowest BCUT2D eigenvalue weighted by Gasteiger charge is -2.40. The molecule has 1 aromatic rings. The number of piperidine rings is 1. The molecule has 0 radical (unpaired) electrons. The lowest BCUT2D eigenvalue weighted by molar-refractivity contribution is -0.0115. The highest BCUT2D eigenvalue weighted by atomic mass is 16.3. The Balaban J connectivity index is 1.99. The molecule has 2 rings (SSSR count). The first-order valence-corrected chi connectivity index (χ1v) is 5.50. The summed E-state index contributed by atoms with van der Waals surface area (Å²) in [7, 11) is 3.89. The topological polar surface area (TPSA) is 23.5 Å². The van der Waals surface area contributed by atoms with E-state index in [9.17, 15) is 5.11 Å². The molecule has 2 heteroatoms. The number of benzene rings is 1. The molecule has 15 heavy (non-hydrogen) atoms. The first-order chi connectivity index (χ1) is 7.18. The molecule has 0 spiro atoms. The Morgan fingerprint density at radius 3 is 2.40 bits per heavy atom. The van der Waals surface area contributed by atoms with E-state index in [2.05, 4.69) is 19.2 Å². The van der Waals surface area contributed by atoms with Gasteiger partial charge in [0, 0.05) is 6.42 Å². The number of likely N-dealkylation sites (tertiary alicyclic amines) is 1. The van der Waals surface area contributed by atoms with Gasteiger partial charge in [0.15, 0.2) is 0 Å². The molecule has 0 unspecified atom stereocenters. The van der Waals surface area contributed by atoms with Crippen molar-refractivity contribution < 1.29 is 5.11 Å². The second-order valence-electron chi connectivity index (χ2n) is 4.50. The van der Waals surface area contributed by atoms with Crippen molar-refractivity contribution in [1.29, 1.82) is 0 Å². The van der Waals surface area contributed by atoms with Gasteiger partial charge in [0.05, 0.1) is 5.60 Å². The molecule has 0 aromatic heterocycles. The first kappa shape index (κ1) is 10.7. The fourth-order valence-corrected chi connectivity index (χ4v) is 2.12. The zero-order chi connectivity index (χ0) is 10.7. The summed E-state index contributed by atoms with van der Waals surface area (Å²) in [6.07, 6.45) is 2.42. The molecule has 1 aliphatic rings. The maximum absolute atomic E-state index is 10.4. The van der Waals surface area contributed by atoms with Crippen molar-refractivity contribution in [2.24, 2.45) is 0 Å². The SMILES string of the molecule is [CH2-]N1CCC(O)(Cc2ccccc2)CC1. The standard InChI is InChI=1S/C13H18NO/c1-14-9-7-13(15,8-10-14)11-12-5-3-2-4-6-12/h2-6,15H,1,7-11H2/q-1. The van der Waals surface area contributed by atoms with Crippen LogP contribution < -0.4 is 0 Å². The second-order valence-corrected chi connectivity index (χ2v) is 4.50. The highest BCUT2D eigenvalue weighted by molar-refractivity contribution is 5.17. The van der Waals surface area contributed by atoms with Gasteiger partial charge in [-0.25, -0.2) is 0 Å². The molecule has 0 saturated carbocycles. The molecule has 1 saturated heterocycles. The molecule has 2 nitrogen and oxygen atoms in total. The Labute approximate surface area is 91.5 Å². The minimum Gasteiger partial charge on any atom is -0.459 e. The lowest BCUT2D eigenvalue weighted by atomic mass is 9.85. The summed E-state index contributed by atoms with van der Waals surface area (Å²) in [5.74, 6) is 0. The van der Waals surface area contributed by atoms with Gasteiger partial charge in [-0.3, -0.25) is 7.05 Å². The predicted molar refractivity (Wildman–Crippen MR) is 61.3 cm³/mol. The maximum atomic E-state index is 10.4. The van der Waals surface area contributed by atoms with Crippen LogP contribution >= 0.6 is 0 Å². The number of hydrogen-bond acceptors (Lipinski definition) is 2. The summed E-state index contributed by atoms with van der Waals surface area (Å²) in [5.41, 5.74) is 0.702. The fourth-order valence-electron chi connectivity index (χ4n) is 2.12. The van der Waals surface area contributed by atoms with Gasteiger partial charge in [-0.05, 0) is 31.5 Å². The fraction of sp³-hybridized carbons (Fsp3) is 0.462. The number of nitrogens with zero attached hydrogens (tertiary/aromatic N) is 1. The largest absolute Gasteiger partial charge is 0.459 e.